The molecule has 2 aromatic rings. The summed E-state index contributed by atoms with van der Waals surface area (Å²) in [5.41, 5.74) is 1.27. The summed E-state index contributed by atoms with van der Waals surface area (Å²) in [5.74, 6) is -0.705. The minimum Gasteiger partial charge on any atom is -0.481 e. The average molecular weight is 580 g/mol. The molecule has 0 radical (unpaired) electrons. The van der Waals surface area contributed by atoms with Crippen molar-refractivity contribution in [3.8, 4) is 11.5 Å². The molecule has 0 spiro atoms. The van der Waals surface area contributed by atoms with Gasteiger partial charge in [0, 0.05) is 49.6 Å². The first-order chi connectivity index (χ1) is 20.1. The molecular formula is C32H43N4O6+. The second-order valence-electron chi connectivity index (χ2n) is 12.4. The highest BCUT2D eigenvalue weighted by Crippen LogP contribution is 2.43. The number of carbonyl (C=O) groups is 3. The fourth-order valence-electron chi connectivity index (χ4n) is 6.59. The third kappa shape index (κ3) is 6.09. The first-order valence-electron chi connectivity index (χ1n) is 15.0. The van der Waals surface area contributed by atoms with Crippen LogP contribution in [0.5, 0.6) is 11.5 Å². The molecule has 0 saturated carbocycles. The average Bonchev–Trinajstić information content (AvgIpc) is 3.63. The van der Waals surface area contributed by atoms with Gasteiger partial charge < -0.3 is 24.4 Å². The predicted molar refractivity (Wildman–Crippen MR) is 156 cm³/mol. The number of pyridine rings is 1. The zero-order valence-electron chi connectivity index (χ0n) is 25.1. The minimum absolute atomic E-state index is 0.0616. The number of anilines is 1. The number of ether oxygens (including phenoxy) is 2. The summed E-state index contributed by atoms with van der Waals surface area (Å²) >= 11 is 0. The number of carboxylic acid groups (broad SMARTS) is 1. The highest BCUT2D eigenvalue weighted by atomic mass is 16.7. The molecule has 42 heavy (non-hydrogen) atoms. The highest BCUT2D eigenvalue weighted by Gasteiger charge is 2.48. The van der Waals surface area contributed by atoms with Crippen LogP contribution in [0.15, 0.2) is 42.7 Å². The van der Waals surface area contributed by atoms with Crippen molar-refractivity contribution >= 4 is 23.5 Å². The van der Waals surface area contributed by atoms with Gasteiger partial charge in [0.25, 0.3) is 0 Å². The SMILES string of the molecule is CCCCN(C(=O)CN1C[C@H](c2ccc3c(c2)OCO3)[C@@H](C(=O)O)[C@@H]1CCN1CCC(C)(C)C1=O)c1ccc[n+](C)c1. The molecule has 1 aromatic carbocycles. The Morgan fingerprint density at radius 1 is 1.19 bits per heavy atom. The quantitative estimate of drug-likeness (QED) is 0.408. The van der Waals surface area contributed by atoms with Crippen LogP contribution in [0.4, 0.5) is 5.69 Å². The maximum Gasteiger partial charge on any atom is 0.308 e. The van der Waals surface area contributed by atoms with Crippen molar-refractivity contribution in [3.63, 3.8) is 0 Å². The van der Waals surface area contributed by atoms with E-state index in [0.29, 0.717) is 44.1 Å². The molecule has 2 saturated heterocycles. The number of fused-ring (bicyclic) bond motifs is 1. The summed E-state index contributed by atoms with van der Waals surface area (Å²) in [4.78, 5) is 45.5. The molecule has 10 heteroatoms. The van der Waals surface area contributed by atoms with E-state index < -0.39 is 23.3 Å². The first kappa shape index (κ1) is 29.8. The van der Waals surface area contributed by atoms with E-state index >= 15 is 0 Å². The largest absolute Gasteiger partial charge is 0.481 e. The van der Waals surface area contributed by atoms with E-state index in [0.717, 1.165) is 30.5 Å². The van der Waals surface area contributed by atoms with Gasteiger partial charge in [-0.25, -0.2) is 4.57 Å². The Labute approximate surface area is 247 Å². The second-order valence-corrected chi connectivity index (χ2v) is 12.4. The molecule has 1 N–H and O–H groups in total. The minimum atomic E-state index is -0.899. The molecule has 4 heterocycles. The topological polar surface area (TPSA) is 104 Å². The Morgan fingerprint density at radius 2 is 1.98 bits per heavy atom. The molecule has 0 aliphatic carbocycles. The Bertz CT molecular complexity index is 1330. The number of rotatable bonds is 11. The number of aromatic nitrogens is 1. The highest BCUT2D eigenvalue weighted by molar-refractivity contribution is 5.94. The lowest BCUT2D eigenvalue weighted by atomic mass is 9.84. The van der Waals surface area contributed by atoms with E-state index in [2.05, 4.69) is 6.92 Å². The van der Waals surface area contributed by atoms with Gasteiger partial charge in [0.15, 0.2) is 23.9 Å². The van der Waals surface area contributed by atoms with Crippen molar-refractivity contribution in [1.82, 2.24) is 9.80 Å². The van der Waals surface area contributed by atoms with E-state index in [1.54, 1.807) is 0 Å². The van der Waals surface area contributed by atoms with E-state index in [4.69, 9.17) is 9.47 Å². The lowest BCUT2D eigenvalue weighted by Gasteiger charge is -2.30. The van der Waals surface area contributed by atoms with Gasteiger partial charge in [-0.1, -0.05) is 33.3 Å². The van der Waals surface area contributed by atoms with E-state index in [-0.39, 0.29) is 31.1 Å². The maximum atomic E-state index is 14.0. The van der Waals surface area contributed by atoms with Crippen LogP contribution in [0, 0.1) is 11.3 Å². The zero-order valence-corrected chi connectivity index (χ0v) is 25.1. The lowest BCUT2D eigenvalue weighted by Crippen LogP contribution is -2.46. The van der Waals surface area contributed by atoms with Crippen LogP contribution in [0.2, 0.25) is 0 Å². The molecule has 3 aliphatic heterocycles. The predicted octanol–water partition coefficient (Wildman–Crippen LogP) is 3.19. The number of carbonyl (C=O) groups excluding carboxylic acids is 2. The van der Waals surface area contributed by atoms with Gasteiger partial charge in [0.1, 0.15) is 12.7 Å². The van der Waals surface area contributed by atoms with Crippen LogP contribution in [0.3, 0.4) is 0 Å². The van der Waals surface area contributed by atoms with Crippen molar-refractivity contribution in [1.29, 1.82) is 0 Å². The fourth-order valence-corrected chi connectivity index (χ4v) is 6.59. The number of benzene rings is 1. The summed E-state index contributed by atoms with van der Waals surface area (Å²) in [7, 11) is 1.93. The number of carboxylic acids is 1. The number of aliphatic carboxylic acids is 1. The van der Waals surface area contributed by atoms with Crippen LogP contribution in [-0.4, -0.2) is 78.2 Å². The van der Waals surface area contributed by atoms with Gasteiger partial charge in [0.2, 0.25) is 18.6 Å². The molecule has 10 nitrogen and oxygen atoms in total. The maximum absolute atomic E-state index is 14.0. The number of nitrogens with zero attached hydrogens (tertiary/aromatic N) is 4. The number of hydrogen-bond donors (Lipinski definition) is 1. The molecular weight excluding hydrogens is 536 g/mol. The third-order valence-electron chi connectivity index (χ3n) is 9.04. The van der Waals surface area contributed by atoms with Crippen LogP contribution >= 0.6 is 0 Å². The van der Waals surface area contributed by atoms with Crippen molar-refractivity contribution in [2.24, 2.45) is 18.4 Å². The molecule has 2 fully saturated rings. The third-order valence-corrected chi connectivity index (χ3v) is 9.04. The van der Waals surface area contributed by atoms with Gasteiger partial charge in [-0.15, -0.1) is 0 Å². The standard InChI is InChI=1S/C32H42N4O6/c1-5-6-14-36(23-8-7-13-33(4)18-23)28(37)20-35-19-24(22-9-10-26-27(17-22)42-21-41-26)29(30(38)39)25(35)11-15-34-16-12-32(2,3)31(34)40/h7-10,13,17-18,24-25,29H,5-6,11-12,14-16,19-21H2,1-4H3/p+1/t24-,25+,29-/m1/s1. The van der Waals surface area contributed by atoms with E-state index in [1.165, 1.54) is 0 Å². The number of unbranched alkanes of at least 4 members (excludes halogenated alkanes) is 1. The molecule has 3 atom stereocenters. The van der Waals surface area contributed by atoms with Crippen molar-refractivity contribution in [2.75, 3.05) is 44.4 Å². The Morgan fingerprint density at radius 3 is 2.67 bits per heavy atom. The Hall–Kier alpha value is -3.66. The van der Waals surface area contributed by atoms with Crippen molar-refractivity contribution in [3.05, 3.63) is 48.3 Å². The molecule has 3 aliphatic rings. The zero-order chi connectivity index (χ0) is 30.0. The molecule has 2 amide bonds. The summed E-state index contributed by atoms with van der Waals surface area (Å²) < 4.78 is 13.0. The van der Waals surface area contributed by atoms with Gasteiger partial charge >= 0.3 is 5.97 Å². The molecule has 0 bridgehead atoms. The smallest absolute Gasteiger partial charge is 0.308 e. The number of aryl methyl sites for hydroxylation is 1. The van der Waals surface area contributed by atoms with Crippen LogP contribution in [0.1, 0.15) is 57.9 Å². The number of amides is 2. The lowest BCUT2D eigenvalue weighted by molar-refractivity contribution is -0.670. The van der Waals surface area contributed by atoms with Crippen molar-refractivity contribution in [2.45, 2.75) is 58.4 Å². The fraction of sp³-hybridized carbons (Fsp3) is 0.562. The van der Waals surface area contributed by atoms with Crippen LogP contribution in [-0.2, 0) is 21.4 Å². The summed E-state index contributed by atoms with van der Waals surface area (Å²) in [6.45, 7) is 8.37. The molecule has 0 unspecified atom stereocenters. The van der Waals surface area contributed by atoms with Gasteiger partial charge in [-0.2, -0.15) is 0 Å². The monoisotopic (exact) mass is 579 g/mol. The van der Waals surface area contributed by atoms with Gasteiger partial charge in [-0.05, 0) is 43.0 Å². The van der Waals surface area contributed by atoms with Crippen molar-refractivity contribution < 1.29 is 33.5 Å². The van der Waals surface area contributed by atoms with E-state index in [9.17, 15) is 19.5 Å². The summed E-state index contributed by atoms with van der Waals surface area (Å²) in [6.07, 6.45) is 6.92. The van der Waals surface area contributed by atoms with Gasteiger partial charge in [0.05, 0.1) is 12.5 Å². The van der Waals surface area contributed by atoms with Crippen LogP contribution < -0.4 is 18.9 Å². The first-order valence-corrected chi connectivity index (χ1v) is 15.0. The second kappa shape index (κ2) is 12.3. The van der Waals surface area contributed by atoms with E-state index in [1.807, 2.05) is 82.9 Å². The Balaban J connectivity index is 1.43. The summed E-state index contributed by atoms with van der Waals surface area (Å²) in [5, 5.41) is 10.6. The van der Waals surface area contributed by atoms with Crippen LogP contribution in [0.25, 0.3) is 0 Å². The number of hydrogen-bond acceptors (Lipinski definition) is 6. The van der Waals surface area contributed by atoms with Gasteiger partial charge in [-0.3, -0.25) is 19.3 Å². The molecule has 226 valence electrons. The molecule has 1 aromatic heterocycles. The Kier molecular flexibility index (Phi) is 8.73. The summed E-state index contributed by atoms with van der Waals surface area (Å²) in [6, 6.07) is 9.04. The number of likely N-dealkylation sites (tertiary alicyclic amines) is 2. The molecule has 5 rings (SSSR count). The normalized spacial score (nSPS) is 23.0.